The number of carbonyl (C=O) groups is 1. The van der Waals surface area contributed by atoms with Gasteiger partial charge in [0, 0.05) is 5.56 Å². The van der Waals surface area contributed by atoms with Gasteiger partial charge in [-0.25, -0.2) is 0 Å². The molecule has 0 saturated carbocycles. The van der Waals surface area contributed by atoms with Gasteiger partial charge in [0.25, 0.3) is 0 Å². The second-order valence-corrected chi connectivity index (χ2v) is 4.18. The zero-order chi connectivity index (χ0) is 13.9. The molecule has 0 saturated heterocycles. The SMILES string of the molecule is CCCc1cc(C(=O)S)cc(C(F)(F)F)c1OC. The molecule has 18 heavy (non-hydrogen) atoms. The largest absolute Gasteiger partial charge is 0.496 e. The number of benzene rings is 1. The van der Waals surface area contributed by atoms with Gasteiger partial charge in [0.1, 0.15) is 5.75 Å². The summed E-state index contributed by atoms with van der Waals surface area (Å²) in [5.74, 6) is -0.220. The van der Waals surface area contributed by atoms with Crippen LogP contribution in [0.2, 0.25) is 0 Å². The van der Waals surface area contributed by atoms with Crippen LogP contribution in [-0.4, -0.2) is 12.2 Å². The van der Waals surface area contributed by atoms with Crippen LogP contribution in [0.3, 0.4) is 0 Å². The Bertz CT molecular complexity index is 455. The fraction of sp³-hybridized carbons (Fsp3) is 0.417. The van der Waals surface area contributed by atoms with Crippen molar-refractivity contribution in [1.82, 2.24) is 0 Å². The summed E-state index contributed by atoms with van der Waals surface area (Å²) in [6.07, 6.45) is -3.51. The average Bonchev–Trinajstić information content (AvgIpc) is 2.27. The van der Waals surface area contributed by atoms with Crippen molar-refractivity contribution in [3.63, 3.8) is 0 Å². The second kappa shape index (κ2) is 5.65. The molecule has 0 aliphatic carbocycles. The van der Waals surface area contributed by atoms with Gasteiger partial charge in [-0.2, -0.15) is 13.2 Å². The number of alkyl halides is 3. The topological polar surface area (TPSA) is 26.3 Å². The summed E-state index contributed by atoms with van der Waals surface area (Å²) >= 11 is 3.56. The molecule has 1 aromatic carbocycles. The summed E-state index contributed by atoms with van der Waals surface area (Å²) in [5.41, 5.74) is -0.643. The molecule has 0 radical (unpaired) electrons. The third-order valence-corrected chi connectivity index (χ3v) is 2.70. The molecule has 0 bridgehead atoms. The molecule has 1 aromatic rings. The molecule has 0 spiro atoms. The molecule has 1 rings (SSSR count). The van der Waals surface area contributed by atoms with Crippen LogP contribution < -0.4 is 4.74 Å². The van der Waals surface area contributed by atoms with Crippen molar-refractivity contribution < 1.29 is 22.7 Å². The first-order chi connectivity index (χ1) is 8.31. The lowest BCUT2D eigenvalue weighted by molar-refractivity contribution is -0.138. The Balaban J connectivity index is 3.51. The van der Waals surface area contributed by atoms with Gasteiger partial charge >= 0.3 is 6.18 Å². The van der Waals surface area contributed by atoms with E-state index in [1.165, 1.54) is 13.2 Å². The Morgan fingerprint density at radius 1 is 1.39 bits per heavy atom. The molecule has 0 aliphatic rings. The number of hydrogen-bond acceptors (Lipinski definition) is 2. The molecule has 0 N–H and O–H groups in total. The fourth-order valence-corrected chi connectivity index (χ4v) is 1.85. The van der Waals surface area contributed by atoms with Crippen LogP contribution >= 0.6 is 12.6 Å². The Morgan fingerprint density at radius 2 is 2.00 bits per heavy atom. The summed E-state index contributed by atoms with van der Waals surface area (Å²) in [5, 5.41) is -0.694. The Labute approximate surface area is 109 Å². The highest BCUT2D eigenvalue weighted by molar-refractivity contribution is 7.97. The molecule has 0 aliphatic heterocycles. The highest BCUT2D eigenvalue weighted by atomic mass is 32.1. The van der Waals surface area contributed by atoms with Gasteiger partial charge in [0.2, 0.25) is 5.12 Å². The predicted molar refractivity (Wildman–Crippen MR) is 65.3 cm³/mol. The predicted octanol–water partition coefficient (Wildman–Crippen LogP) is 3.74. The molecule has 0 aromatic heterocycles. The number of methoxy groups -OCH3 is 1. The van der Waals surface area contributed by atoms with E-state index in [1.807, 2.05) is 6.92 Å². The van der Waals surface area contributed by atoms with E-state index in [0.29, 0.717) is 18.4 Å². The third-order valence-electron chi connectivity index (χ3n) is 2.44. The number of halogens is 3. The van der Waals surface area contributed by atoms with Gasteiger partial charge in [-0.05, 0) is 24.1 Å². The summed E-state index contributed by atoms with van der Waals surface area (Å²) in [4.78, 5) is 11.1. The number of carbonyl (C=O) groups excluding carboxylic acids is 1. The zero-order valence-electron chi connectivity index (χ0n) is 9.97. The van der Waals surface area contributed by atoms with E-state index in [4.69, 9.17) is 4.74 Å². The van der Waals surface area contributed by atoms with Gasteiger partial charge < -0.3 is 4.74 Å². The first-order valence-corrected chi connectivity index (χ1v) is 5.77. The van der Waals surface area contributed by atoms with Crippen LogP contribution in [0.5, 0.6) is 5.75 Å². The lowest BCUT2D eigenvalue weighted by Crippen LogP contribution is -2.11. The van der Waals surface area contributed by atoms with Crippen LogP contribution in [-0.2, 0) is 12.6 Å². The lowest BCUT2D eigenvalue weighted by atomic mass is 10.0. The van der Waals surface area contributed by atoms with E-state index in [9.17, 15) is 18.0 Å². The molecule has 0 heterocycles. The monoisotopic (exact) mass is 278 g/mol. The lowest BCUT2D eigenvalue weighted by Gasteiger charge is -2.16. The van der Waals surface area contributed by atoms with E-state index in [2.05, 4.69) is 12.6 Å². The highest BCUT2D eigenvalue weighted by Crippen LogP contribution is 2.39. The molecular formula is C12H13F3O2S. The first kappa shape index (κ1) is 14.9. The minimum absolute atomic E-state index is 0.0742. The van der Waals surface area contributed by atoms with Crippen LogP contribution in [0.25, 0.3) is 0 Å². The van der Waals surface area contributed by atoms with Crippen molar-refractivity contribution in [2.24, 2.45) is 0 Å². The summed E-state index contributed by atoms with van der Waals surface area (Å²) in [6, 6.07) is 2.17. The molecule has 0 atom stereocenters. The van der Waals surface area contributed by atoms with Crippen molar-refractivity contribution in [2.75, 3.05) is 7.11 Å². The normalized spacial score (nSPS) is 11.4. The number of thiol groups is 1. The van der Waals surface area contributed by atoms with Gasteiger partial charge in [-0.1, -0.05) is 13.3 Å². The summed E-state index contributed by atoms with van der Waals surface area (Å²) in [7, 11) is 1.19. The maximum absolute atomic E-state index is 12.9. The van der Waals surface area contributed by atoms with Crippen molar-refractivity contribution in [2.45, 2.75) is 25.9 Å². The van der Waals surface area contributed by atoms with Crippen molar-refractivity contribution in [1.29, 1.82) is 0 Å². The van der Waals surface area contributed by atoms with E-state index in [0.717, 1.165) is 6.07 Å². The molecule has 6 heteroatoms. The van der Waals surface area contributed by atoms with Crippen molar-refractivity contribution in [3.8, 4) is 5.75 Å². The number of hydrogen-bond donors (Lipinski definition) is 1. The molecule has 0 fully saturated rings. The number of aryl methyl sites for hydroxylation is 1. The van der Waals surface area contributed by atoms with Gasteiger partial charge in [0.05, 0.1) is 12.7 Å². The summed E-state index contributed by atoms with van der Waals surface area (Å²) < 4.78 is 43.5. The molecule has 100 valence electrons. The Kier molecular flexibility index (Phi) is 4.67. The van der Waals surface area contributed by atoms with E-state index < -0.39 is 16.9 Å². The van der Waals surface area contributed by atoms with E-state index in [1.54, 1.807) is 0 Å². The first-order valence-electron chi connectivity index (χ1n) is 5.32. The Hall–Kier alpha value is -1.17. The molecule has 0 unspecified atom stereocenters. The van der Waals surface area contributed by atoms with E-state index in [-0.39, 0.29) is 11.3 Å². The van der Waals surface area contributed by atoms with E-state index >= 15 is 0 Å². The van der Waals surface area contributed by atoms with Crippen molar-refractivity contribution >= 4 is 17.7 Å². The summed E-state index contributed by atoms with van der Waals surface area (Å²) in [6.45, 7) is 1.84. The standard InChI is InChI=1S/C12H13F3O2S/c1-3-4-7-5-8(11(16)18)6-9(10(7)17-2)12(13,14)15/h5-6H,3-4H2,1-2H3,(H,16,18). The van der Waals surface area contributed by atoms with Crippen LogP contribution in [0.1, 0.15) is 34.8 Å². The highest BCUT2D eigenvalue weighted by Gasteiger charge is 2.36. The van der Waals surface area contributed by atoms with Crippen LogP contribution in [0, 0.1) is 0 Å². The Morgan fingerprint density at radius 3 is 2.39 bits per heavy atom. The van der Waals surface area contributed by atoms with Gasteiger partial charge in [-0.15, -0.1) is 12.6 Å². The second-order valence-electron chi connectivity index (χ2n) is 3.77. The maximum Gasteiger partial charge on any atom is 0.419 e. The molecular weight excluding hydrogens is 265 g/mol. The van der Waals surface area contributed by atoms with Gasteiger partial charge in [-0.3, -0.25) is 4.79 Å². The third kappa shape index (κ3) is 3.19. The zero-order valence-corrected chi connectivity index (χ0v) is 10.9. The smallest absolute Gasteiger partial charge is 0.419 e. The van der Waals surface area contributed by atoms with Gasteiger partial charge in [0.15, 0.2) is 0 Å². The molecule has 2 nitrogen and oxygen atoms in total. The van der Waals surface area contributed by atoms with Crippen molar-refractivity contribution in [3.05, 3.63) is 28.8 Å². The molecule has 0 amide bonds. The average molecular weight is 278 g/mol. The van der Waals surface area contributed by atoms with Crippen LogP contribution in [0.15, 0.2) is 12.1 Å². The number of ether oxygens (including phenoxy) is 1. The minimum atomic E-state index is -4.56. The maximum atomic E-state index is 12.9. The quantitative estimate of drug-likeness (QED) is 0.849. The minimum Gasteiger partial charge on any atom is -0.496 e. The van der Waals surface area contributed by atoms with Crippen LogP contribution in [0.4, 0.5) is 13.2 Å². The number of rotatable bonds is 4. The fourth-order valence-electron chi connectivity index (χ4n) is 1.72.